The van der Waals surface area contributed by atoms with Gasteiger partial charge in [-0.1, -0.05) is 0 Å². The van der Waals surface area contributed by atoms with E-state index in [9.17, 15) is 0 Å². The molecule has 1 unspecified atom stereocenters. The Kier molecular flexibility index (Phi) is 7.01. The molecule has 2 aromatic carbocycles. The van der Waals surface area contributed by atoms with Gasteiger partial charge >= 0.3 is 120 Å². The van der Waals surface area contributed by atoms with Crippen LogP contribution in [0.25, 0.3) is 6.08 Å². The van der Waals surface area contributed by atoms with Gasteiger partial charge in [0.2, 0.25) is 0 Å². The number of halogens is 2. The van der Waals surface area contributed by atoms with E-state index < -0.39 is 0 Å². The molecule has 0 fully saturated rings. The molecule has 0 bridgehead atoms. The summed E-state index contributed by atoms with van der Waals surface area (Å²) in [7, 11) is 0. The summed E-state index contributed by atoms with van der Waals surface area (Å²) in [5, 5.41) is 0. The van der Waals surface area contributed by atoms with E-state index in [0.29, 0.717) is 12.5 Å². The van der Waals surface area contributed by atoms with Crippen LogP contribution in [-0.2, 0) is 30.7 Å². The second-order valence-corrected chi connectivity index (χ2v) is 4.90. The number of allylic oxidation sites excluding steroid dienone is 1. The molecule has 0 N–H and O–H groups in total. The van der Waals surface area contributed by atoms with Gasteiger partial charge in [-0.3, -0.25) is 0 Å². The second-order valence-electron chi connectivity index (χ2n) is 4.45. The van der Waals surface area contributed by atoms with Crippen molar-refractivity contribution >= 4 is 6.08 Å². The van der Waals surface area contributed by atoms with Crippen LogP contribution in [0.2, 0.25) is 0 Å². The third-order valence-electron chi connectivity index (χ3n) is 3.42. The van der Waals surface area contributed by atoms with E-state index in [4.69, 9.17) is 3.32 Å². The molecule has 1 nitrogen and oxygen atoms in total. The van der Waals surface area contributed by atoms with Gasteiger partial charge in [0, 0.05) is 0 Å². The zero-order valence-corrected chi connectivity index (χ0v) is 13.8. The molecule has 0 radical (unpaired) electrons. The van der Waals surface area contributed by atoms with Crippen molar-refractivity contribution in [2.24, 2.45) is 0 Å². The molecule has 0 heterocycles. The number of hydrogen-bond acceptors (Lipinski definition) is 1. The third kappa shape index (κ3) is 3.36. The third-order valence-corrected chi connectivity index (χ3v) is 3.64. The maximum absolute atomic E-state index is 5.29. The molecule has 0 saturated carbocycles. The Hall–Kier alpha value is -0.566. The number of benzene rings is 2. The van der Waals surface area contributed by atoms with Crippen molar-refractivity contribution in [3.63, 3.8) is 0 Å². The van der Waals surface area contributed by atoms with E-state index in [1.165, 1.54) is 22.3 Å². The summed E-state index contributed by atoms with van der Waals surface area (Å²) in [6.45, 7) is 0.669. The van der Waals surface area contributed by atoms with E-state index in [2.05, 4.69) is 60.7 Å². The quantitative estimate of drug-likeness (QED) is 0.578. The van der Waals surface area contributed by atoms with Crippen LogP contribution in [0, 0.1) is 0 Å². The summed E-state index contributed by atoms with van der Waals surface area (Å²) < 4.78 is 5.29. The molecule has 0 aromatic heterocycles. The molecular weight excluding hydrogens is 327 g/mol. The Morgan fingerprint density at radius 2 is 1.55 bits per heavy atom. The van der Waals surface area contributed by atoms with Crippen molar-refractivity contribution in [2.75, 3.05) is 0 Å². The van der Waals surface area contributed by atoms with Gasteiger partial charge in [-0.15, -0.1) is 0 Å². The molecule has 0 aliphatic heterocycles. The number of fused-ring (bicyclic) bond motifs is 1. The van der Waals surface area contributed by atoms with Crippen molar-refractivity contribution in [1.82, 2.24) is 0 Å². The Bertz CT molecular complexity index is 599. The van der Waals surface area contributed by atoms with E-state index in [1.807, 2.05) is 0 Å². The van der Waals surface area contributed by atoms with Crippen LogP contribution < -0.4 is 24.8 Å². The zero-order chi connectivity index (χ0) is 12.4. The zero-order valence-electron chi connectivity index (χ0n) is 10.7. The van der Waals surface area contributed by atoms with Gasteiger partial charge in [0.15, 0.2) is 0 Å². The Labute approximate surface area is 144 Å². The topological polar surface area (TPSA) is 9.23 Å². The molecule has 0 saturated heterocycles. The first-order valence-electron chi connectivity index (χ1n) is 6.03. The summed E-state index contributed by atoms with van der Waals surface area (Å²) >= 11 is 1.75. The van der Waals surface area contributed by atoms with Crippen LogP contribution in [0.1, 0.15) is 28.2 Å². The molecular formula is C16H13Cl2OTi. The van der Waals surface area contributed by atoms with Crippen molar-refractivity contribution in [2.45, 2.75) is 12.5 Å². The van der Waals surface area contributed by atoms with E-state index in [0.717, 1.165) is 0 Å². The first kappa shape index (κ1) is 17.5. The van der Waals surface area contributed by atoms with Gasteiger partial charge in [0.25, 0.3) is 0 Å². The second kappa shape index (κ2) is 8.02. The SMILES string of the molecule is [Cl-].[Cl-].[Ti+2][O]Cc1ccccc1C1C=Cc2ccccc21. The molecule has 1 aliphatic carbocycles. The molecule has 1 aliphatic rings. The molecule has 2 aromatic rings. The maximum atomic E-state index is 5.29. The van der Waals surface area contributed by atoms with Gasteiger partial charge in [-0.25, -0.2) is 0 Å². The van der Waals surface area contributed by atoms with Crippen LogP contribution in [0.3, 0.4) is 0 Å². The normalized spacial score (nSPS) is 15.2. The molecule has 4 heteroatoms. The van der Waals surface area contributed by atoms with E-state index in [-0.39, 0.29) is 24.8 Å². The van der Waals surface area contributed by atoms with Crippen LogP contribution in [0.15, 0.2) is 54.6 Å². The predicted octanol–water partition coefficient (Wildman–Crippen LogP) is -2.17. The molecule has 0 spiro atoms. The van der Waals surface area contributed by atoms with Crippen LogP contribution in [0.5, 0.6) is 0 Å². The van der Waals surface area contributed by atoms with Crippen molar-refractivity contribution in [1.29, 1.82) is 0 Å². The molecule has 3 rings (SSSR count). The molecule has 20 heavy (non-hydrogen) atoms. The predicted molar refractivity (Wildman–Crippen MR) is 68.6 cm³/mol. The van der Waals surface area contributed by atoms with Crippen LogP contribution in [0.4, 0.5) is 0 Å². The van der Waals surface area contributed by atoms with Gasteiger partial charge in [-0.05, 0) is 0 Å². The fourth-order valence-electron chi connectivity index (χ4n) is 2.57. The number of hydrogen-bond donors (Lipinski definition) is 0. The summed E-state index contributed by atoms with van der Waals surface area (Å²) in [5.41, 5.74) is 5.34. The fraction of sp³-hybridized carbons (Fsp3) is 0.125. The summed E-state index contributed by atoms with van der Waals surface area (Å²) in [6.07, 6.45) is 4.49. The first-order chi connectivity index (χ1) is 8.90. The summed E-state index contributed by atoms with van der Waals surface area (Å²) in [4.78, 5) is 0. The van der Waals surface area contributed by atoms with Gasteiger partial charge in [0.05, 0.1) is 0 Å². The minimum absolute atomic E-state index is 0. The fourth-order valence-corrected chi connectivity index (χ4v) is 2.81. The monoisotopic (exact) mass is 339 g/mol. The van der Waals surface area contributed by atoms with Gasteiger partial charge < -0.3 is 24.8 Å². The average molecular weight is 340 g/mol. The first-order valence-corrected chi connectivity index (χ1v) is 6.67. The average Bonchev–Trinajstić information content (AvgIpc) is 2.84. The number of rotatable bonds is 3. The molecule has 1 atom stereocenters. The summed E-state index contributed by atoms with van der Waals surface area (Å²) in [5.74, 6) is 0.368. The van der Waals surface area contributed by atoms with Crippen LogP contribution >= 0.6 is 0 Å². The van der Waals surface area contributed by atoms with Crippen molar-refractivity contribution in [3.8, 4) is 0 Å². The van der Waals surface area contributed by atoms with Gasteiger partial charge in [0.1, 0.15) is 0 Å². The Morgan fingerprint density at radius 1 is 0.900 bits per heavy atom. The molecule has 101 valence electrons. The van der Waals surface area contributed by atoms with Gasteiger partial charge in [-0.2, -0.15) is 0 Å². The summed E-state index contributed by atoms with van der Waals surface area (Å²) in [6, 6.07) is 17.1. The Morgan fingerprint density at radius 3 is 2.30 bits per heavy atom. The molecule has 0 amide bonds. The van der Waals surface area contributed by atoms with Crippen molar-refractivity contribution < 1.29 is 49.0 Å². The minimum atomic E-state index is 0. The van der Waals surface area contributed by atoms with Crippen molar-refractivity contribution in [3.05, 3.63) is 76.9 Å². The standard InChI is InChI=1S/C16H13O.2ClH.Ti/c17-11-13-6-2-4-8-15(13)16-10-9-12-5-1-3-7-14(12)16;;;/h1-10,16H,11H2;2*1H;/q-1;;;+3/p-2. The van der Waals surface area contributed by atoms with E-state index in [1.54, 1.807) is 20.8 Å². The Balaban J connectivity index is 0.000001000. The van der Waals surface area contributed by atoms with E-state index >= 15 is 0 Å². The van der Waals surface area contributed by atoms with Crippen LogP contribution in [-0.4, -0.2) is 0 Å².